The molecule has 4 nitrogen and oxygen atoms in total. The molecule has 3 rings (SSSR count). The van der Waals surface area contributed by atoms with E-state index in [-0.39, 0.29) is 0 Å². The minimum atomic E-state index is -2.76. The SMILES string of the molecule is CCC1CN2CCCCC2CN1C1CCS(=O)(=O)C1. The molecule has 0 aromatic carbocycles. The minimum absolute atomic E-state index is 0.291. The van der Waals surface area contributed by atoms with E-state index in [1.807, 2.05) is 0 Å². The summed E-state index contributed by atoms with van der Waals surface area (Å²) in [5.74, 6) is 0.801. The van der Waals surface area contributed by atoms with Crippen LogP contribution in [0.5, 0.6) is 0 Å². The fourth-order valence-electron chi connectivity index (χ4n) is 4.12. The van der Waals surface area contributed by atoms with Gasteiger partial charge in [-0.3, -0.25) is 9.80 Å². The van der Waals surface area contributed by atoms with Gasteiger partial charge in [0.2, 0.25) is 0 Å². The van der Waals surface area contributed by atoms with Crippen LogP contribution in [-0.2, 0) is 9.84 Å². The van der Waals surface area contributed by atoms with E-state index in [0.717, 1.165) is 25.9 Å². The first-order valence-corrected chi connectivity index (χ1v) is 9.61. The van der Waals surface area contributed by atoms with Gasteiger partial charge in [-0.1, -0.05) is 13.3 Å². The van der Waals surface area contributed by atoms with Gasteiger partial charge in [0.1, 0.15) is 0 Å². The van der Waals surface area contributed by atoms with Crippen LogP contribution < -0.4 is 0 Å². The van der Waals surface area contributed by atoms with Gasteiger partial charge in [0.25, 0.3) is 0 Å². The summed E-state index contributed by atoms with van der Waals surface area (Å²) in [4.78, 5) is 5.19. The first-order valence-electron chi connectivity index (χ1n) is 7.79. The lowest BCUT2D eigenvalue weighted by atomic mass is 9.94. The summed E-state index contributed by atoms with van der Waals surface area (Å²) in [7, 11) is -2.76. The number of piperidine rings is 1. The van der Waals surface area contributed by atoms with E-state index >= 15 is 0 Å². The Morgan fingerprint density at radius 1 is 1.11 bits per heavy atom. The molecule has 3 fully saturated rings. The first-order chi connectivity index (χ1) is 9.09. The van der Waals surface area contributed by atoms with Crippen LogP contribution in [0.4, 0.5) is 0 Å². The average molecular weight is 286 g/mol. The van der Waals surface area contributed by atoms with Crippen molar-refractivity contribution in [1.82, 2.24) is 9.80 Å². The standard InChI is InChI=1S/C14H26N2O2S/c1-2-12-9-15-7-4-3-5-13(15)10-16(12)14-6-8-19(17,18)11-14/h12-14H,2-11H2,1H3. The summed E-state index contributed by atoms with van der Waals surface area (Å²) in [6.07, 6.45) is 5.97. The third kappa shape index (κ3) is 2.83. The van der Waals surface area contributed by atoms with Crippen molar-refractivity contribution >= 4 is 9.84 Å². The normalized spacial score (nSPS) is 40.2. The maximum atomic E-state index is 11.7. The highest BCUT2D eigenvalue weighted by Gasteiger charge is 2.40. The van der Waals surface area contributed by atoms with Crippen molar-refractivity contribution in [3.05, 3.63) is 0 Å². The number of hydrogen-bond donors (Lipinski definition) is 0. The van der Waals surface area contributed by atoms with Crippen LogP contribution in [-0.4, -0.2) is 67.5 Å². The van der Waals surface area contributed by atoms with Crippen molar-refractivity contribution in [3.8, 4) is 0 Å². The van der Waals surface area contributed by atoms with Crippen LogP contribution in [0.2, 0.25) is 0 Å². The Bertz CT molecular complexity index is 423. The van der Waals surface area contributed by atoms with E-state index in [9.17, 15) is 8.42 Å². The molecule has 0 aromatic heterocycles. The van der Waals surface area contributed by atoms with E-state index in [4.69, 9.17) is 0 Å². The molecule has 3 atom stereocenters. The third-order valence-corrected chi connectivity index (χ3v) is 6.98. The highest BCUT2D eigenvalue weighted by Crippen LogP contribution is 2.29. The number of rotatable bonds is 2. The van der Waals surface area contributed by atoms with Gasteiger partial charge in [-0.15, -0.1) is 0 Å². The van der Waals surface area contributed by atoms with Crippen LogP contribution in [0.1, 0.15) is 39.0 Å². The van der Waals surface area contributed by atoms with Crippen molar-refractivity contribution < 1.29 is 8.42 Å². The van der Waals surface area contributed by atoms with Gasteiger partial charge in [0.05, 0.1) is 11.5 Å². The monoisotopic (exact) mass is 286 g/mol. The number of hydrogen-bond acceptors (Lipinski definition) is 4. The third-order valence-electron chi connectivity index (χ3n) is 5.23. The molecular formula is C14H26N2O2S. The van der Waals surface area contributed by atoms with Crippen molar-refractivity contribution in [2.75, 3.05) is 31.1 Å². The molecule has 0 aromatic rings. The van der Waals surface area contributed by atoms with Gasteiger partial charge >= 0.3 is 0 Å². The number of piperazine rings is 1. The van der Waals surface area contributed by atoms with E-state index in [1.54, 1.807) is 0 Å². The summed E-state index contributed by atoms with van der Waals surface area (Å²) in [6.45, 7) is 5.74. The van der Waals surface area contributed by atoms with Crippen LogP contribution in [0, 0.1) is 0 Å². The highest BCUT2D eigenvalue weighted by atomic mass is 32.2. The van der Waals surface area contributed by atoms with Crippen LogP contribution in [0.3, 0.4) is 0 Å². The second kappa shape index (κ2) is 5.34. The highest BCUT2D eigenvalue weighted by molar-refractivity contribution is 7.91. The van der Waals surface area contributed by atoms with Gasteiger partial charge < -0.3 is 0 Å². The topological polar surface area (TPSA) is 40.6 Å². The van der Waals surface area contributed by atoms with Crippen LogP contribution >= 0.6 is 0 Å². The fourth-order valence-corrected chi connectivity index (χ4v) is 5.87. The second-order valence-electron chi connectivity index (χ2n) is 6.46. The van der Waals surface area contributed by atoms with E-state index < -0.39 is 9.84 Å². The lowest BCUT2D eigenvalue weighted by Gasteiger charge is -2.50. The molecule has 3 aliphatic heterocycles. The Labute approximate surface area is 117 Å². The Hall–Kier alpha value is -0.130. The number of fused-ring (bicyclic) bond motifs is 1. The zero-order valence-electron chi connectivity index (χ0n) is 11.9. The van der Waals surface area contributed by atoms with E-state index in [0.29, 0.717) is 29.6 Å². The molecule has 0 aliphatic carbocycles. The van der Waals surface area contributed by atoms with Crippen molar-refractivity contribution in [2.45, 2.75) is 57.2 Å². The lowest BCUT2D eigenvalue weighted by Crippen LogP contribution is -2.61. The first kappa shape index (κ1) is 13.8. The molecule has 0 radical (unpaired) electrons. The number of sulfone groups is 1. The summed E-state index contributed by atoms with van der Waals surface area (Å²) < 4.78 is 23.4. The predicted molar refractivity (Wildman–Crippen MR) is 77.1 cm³/mol. The average Bonchev–Trinajstić information content (AvgIpc) is 2.77. The Morgan fingerprint density at radius 3 is 2.63 bits per heavy atom. The molecule has 3 heterocycles. The molecule has 110 valence electrons. The van der Waals surface area contributed by atoms with Gasteiger partial charge in [-0.2, -0.15) is 0 Å². The maximum absolute atomic E-state index is 11.7. The molecule has 3 unspecified atom stereocenters. The predicted octanol–water partition coefficient (Wildman–Crippen LogP) is 1.12. The van der Waals surface area contributed by atoms with Crippen LogP contribution in [0.15, 0.2) is 0 Å². The fraction of sp³-hybridized carbons (Fsp3) is 1.00. The summed E-state index contributed by atoms with van der Waals surface area (Å²) in [5, 5.41) is 0. The molecule has 0 spiro atoms. The smallest absolute Gasteiger partial charge is 0.151 e. The molecule has 3 aliphatic rings. The van der Waals surface area contributed by atoms with Gasteiger partial charge in [0.15, 0.2) is 9.84 Å². The molecule has 0 amide bonds. The molecule has 0 saturated carbocycles. The minimum Gasteiger partial charge on any atom is -0.298 e. The molecular weight excluding hydrogens is 260 g/mol. The van der Waals surface area contributed by atoms with Crippen molar-refractivity contribution in [2.24, 2.45) is 0 Å². The Morgan fingerprint density at radius 2 is 1.95 bits per heavy atom. The van der Waals surface area contributed by atoms with Gasteiger partial charge in [-0.05, 0) is 32.2 Å². The van der Waals surface area contributed by atoms with E-state index in [2.05, 4.69) is 16.7 Å². The maximum Gasteiger partial charge on any atom is 0.151 e. The molecule has 19 heavy (non-hydrogen) atoms. The van der Waals surface area contributed by atoms with Gasteiger partial charge in [-0.25, -0.2) is 8.42 Å². The zero-order chi connectivity index (χ0) is 13.5. The summed E-state index contributed by atoms with van der Waals surface area (Å²) in [5.41, 5.74) is 0. The Balaban J connectivity index is 1.72. The second-order valence-corrected chi connectivity index (χ2v) is 8.69. The number of nitrogens with zero attached hydrogens (tertiary/aromatic N) is 2. The summed E-state index contributed by atoms with van der Waals surface area (Å²) >= 11 is 0. The van der Waals surface area contributed by atoms with Crippen LogP contribution in [0.25, 0.3) is 0 Å². The van der Waals surface area contributed by atoms with E-state index in [1.165, 1.54) is 25.8 Å². The zero-order valence-corrected chi connectivity index (χ0v) is 12.7. The van der Waals surface area contributed by atoms with Crippen molar-refractivity contribution in [3.63, 3.8) is 0 Å². The molecule has 0 bridgehead atoms. The Kier molecular flexibility index (Phi) is 3.89. The molecule has 0 N–H and O–H groups in total. The lowest BCUT2D eigenvalue weighted by molar-refractivity contribution is -0.0101. The molecule has 5 heteroatoms. The quantitative estimate of drug-likeness (QED) is 0.763. The van der Waals surface area contributed by atoms with Crippen molar-refractivity contribution in [1.29, 1.82) is 0 Å². The summed E-state index contributed by atoms with van der Waals surface area (Å²) in [6, 6.07) is 1.53. The largest absolute Gasteiger partial charge is 0.298 e. The molecule has 3 saturated heterocycles. The van der Waals surface area contributed by atoms with Gasteiger partial charge in [0, 0.05) is 31.2 Å².